The summed E-state index contributed by atoms with van der Waals surface area (Å²) in [6, 6.07) is 18.0. The van der Waals surface area contributed by atoms with Crippen LogP contribution in [0.5, 0.6) is 11.5 Å². The van der Waals surface area contributed by atoms with Gasteiger partial charge >= 0.3 is 5.97 Å². The molecule has 1 atom stereocenters. The van der Waals surface area contributed by atoms with Crippen molar-refractivity contribution >= 4 is 58.0 Å². The molecule has 0 bridgehead atoms. The monoisotopic (exact) mass is 702 g/mol. The number of halogens is 2. The minimum absolute atomic E-state index is 0.222. The third-order valence-corrected chi connectivity index (χ3v) is 7.08. The van der Waals surface area contributed by atoms with Crippen molar-refractivity contribution in [1.82, 2.24) is 16.1 Å². The number of nitrogens with zero attached hydrogens (tertiary/aromatic N) is 1. The number of para-hydroxylation sites is 1. The molecule has 0 unspecified atom stereocenters. The lowest BCUT2D eigenvalue weighted by Crippen LogP contribution is -2.45. The summed E-state index contributed by atoms with van der Waals surface area (Å²) in [6.45, 7) is 3.70. The van der Waals surface area contributed by atoms with E-state index in [-0.39, 0.29) is 19.0 Å². The van der Waals surface area contributed by atoms with Gasteiger partial charge in [0.05, 0.1) is 28.0 Å². The number of esters is 1. The Bertz CT molecular complexity index is 1530. The molecule has 42 heavy (non-hydrogen) atoms. The summed E-state index contributed by atoms with van der Waals surface area (Å²) >= 11 is 7.46. The maximum absolute atomic E-state index is 13.1. The summed E-state index contributed by atoms with van der Waals surface area (Å²) in [7, 11) is 0. The number of rotatable bonds is 11. The van der Waals surface area contributed by atoms with Crippen LogP contribution in [-0.2, 0) is 20.9 Å². The number of hydrazone groups is 1. The van der Waals surface area contributed by atoms with E-state index < -0.39 is 17.9 Å². The van der Waals surface area contributed by atoms with Crippen molar-refractivity contribution in [3.63, 3.8) is 0 Å². The van der Waals surface area contributed by atoms with Gasteiger partial charge < -0.3 is 24.8 Å². The molecule has 1 heterocycles. The molecule has 0 fully saturated rings. The first-order valence-electron chi connectivity index (χ1n) is 12.9. The molecular weight excluding hydrogens is 674 g/mol. The lowest BCUT2D eigenvalue weighted by Gasteiger charge is -2.30. The Hall–Kier alpha value is -4.04. The number of ether oxygens (including phenoxy) is 3. The van der Waals surface area contributed by atoms with Crippen LogP contribution in [0.2, 0.25) is 0 Å². The number of hydrogen-bond acceptors (Lipinski definition) is 7. The van der Waals surface area contributed by atoms with Crippen LogP contribution < -0.4 is 25.5 Å². The molecule has 218 valence electrons. The van der Waals surface area contributed by atoms with Crippen molar-refractivity contribution in [1.29, 1.82) is 0 Å². The highest BCUT2D eigenvalue weighted by Gasteiger charge is 2.32. The molecule has 1 aliphatic heterocycles. The van der Waals surface area contributed by atoms with Crippen molar-refractivity contribution in [3.8, 4) is 11.5 Å². The molecular formula is C30H28FIN4O5S. The topological polar surface area (TPSA) is 110 Å². The van der Waals surface area contributed by atoms with Gasteiger partial charge in [-0.15, -0.1) is 0 Å². The first-order valence-corrected chi connectivity index (χ1v) is 14.4. The van der Waals surface area contributed by atoms with Gasteiger partial charge in [0.2, 0.25) is 0 Å². The molecule has 0 saturated heterocycles. The largest absolute Gasteiger partial charge is 0.488 e. The van der Waals surface area contributed by atoms with E-state index in [2.05, 4.69) is 43.8 Å². The van der Waals surface area contributed by atoms with Crippen molar-refractivity contribution in [2.75, 3.05) is 13.2 Å². The first-order chi connectivity index (χ1) is 20.2. The van der Waals surface area contributed by atoms with E-state index in [9.17, 15) is 14.0 Å². The maximum Gasteiger partial charge on any atom is 0.338 e. The molecule has 12 heteroatoms. The third kappa shape index (κ3) is 8.26. The zero-order valence-corrected chi connectivity index (χ0v) is 25.8. The summed E-state index contributed by atoms with van der Waals surface area (Å²) in [4.78, 5) is 25.2. The number of allylic oxidation sites excluding steroid dienone is 1. The lowest BCUT2D eigenvalue weighted by atomic mass is 9.95. The molecule has 0 saturated carbocycles. The lowest BCUT2D eigenvalue weighted by molar-refractivity contribution is -0.139. The SMILES string of the molecule is CCOC(=O)C1=C(C)NC(=S)N[C@H]1c1ccccc1OCC(=O)NN=Cc1ccc(OCc2ccc(F)cc2)c(I)c1. The van der Waals surface area contributed by atoms with E-state index in [0.29, 0.717) is 40.1 Å². The number of thiocarbonyl (C=S) groups is 1. The number of carbonyl (C=O) groups excluding carboxylic acids is 2. The molecule has 4 rings (SSSR count). The molecule has 3 aromatic carbocycles. The number of benzene rings is 3. The second-order valence-corrected chi connectivity index (χ2v) is 10.6. The fourth-order valence-electron chi connectivity index (χ4n) is 4.07. The molecule has 0 aliphatic carbocycles. The predicted molar refractivity (Wildman–Crippen MR) is 169 cm³/mol. The number of carbonyl (C=O) groups is 2. The number of amides is 1. The average Bonchev–Trinajstić information content (AvgIpc) is 2.96. The van der Waals surface area contributed by atoms with E-state index in [1.54, 1.807) is 62.4 Å². The standard InChI is InChI=1S/C30H28FIN4O5S/c1-3-39-29(38)27-18(2)34-30(42)35-28(27)22-6-4-5-7-24(22)41-17-26(37)36-33-15-20-10-13-25(23(32)14-20)40-16-19-8-11-21(31)12-9-19/h4-15,28H,3,16-17H2,1-2H3,(H,36,37)(H2,34,35,42)/t28-/m0/s1. The minimum Gasteiger partial charge on any atom is -0.488 e. The van der Waals surface area contributed by atoms with E-state index in [4.69, 9.17) is 26.4 Å². The van der Waals surface area contributed by atoms with Crippen LogP contribution in [0.1, 0.15) is 36.6 Å². The van der Waals surface area contributed by atoms with E-state index in [1.165, 1.54) is 18.3 Å². The van der Waals surface area contributed by atoms with Crippen molar-refractivity contribution in [3.05, 3.63) is 104 Å². The van der Waals surface area contributed by atoms with Gasteiger partial charge in [0.15, 0.2) is 11.7 Å². The Kier molecular flexibility index (Phi) is 10.8. The number of hydrogen-bond donors (Lipinski definition) is 3. The molecule has 0 spiro atoms. The smallest absolute Gasteiger partial charge is 0.338 e. The van der Waals surface area contributed by atoms with Crippen molar-refractivity contribution < 1.29 is 28.2 Å². The van der Waals surface area contributed by atoms with Crippen molar-refractivity contribution in [2.45, 2.75) is 26.5 Å². The van der Waals surface area contributed by atoms with Gasteiger partial charge in [-0.2, -0.15) is 5.10 Å². The van der Waals surface area contributed by atoms with Gasteiger partial charge in [-0.1, -0.05) is 30.3 Å². The van der Waals surface area contributed by atoms with Crippen LogP contribution in [0.25, 0.3) is 0 Å². The van der Waals surface area contributed by atoms with Gasteiger partial charge in [0, 0.05) is 11.3 Å². The first kappa shape index (κ1) is 30.9. The molecule has 0 aromatic heterocycles. The summed E-state index contributed by atoms with van der Waals surface area (Å²) in [5, 5.41) is 10.4. The molecule has 1 aliphatic rings. The fourth-order valence-corrected chi connectivity index (χ4v) is 5.03. The zero-order valence-electron chi connectivity index (χ0n) is 22.8. The highest BCUT2D eigenvalue weighted by Crippen LogP contribution is 2.33. The highest BCUT2D eigenvalue weighted by atomic mass is 127. The second kappa shape index (κ2) is 14.7. The quantitative estimate of drug-likeness (QED) is 0.0853. The van der Waals surface area contributed by atoms with E-state index in [0.717, 1.165) is 14.7 Å². The molecule has 3 aromatic rings. The fraction of sp³-hybridized carbons (Fsp3) is 0.200. The summed E-state index contributed by atoms with van der Waals surface area (Å²) in [6.07, 6.45) is 1.51. The maximum atomic E-state index is 13.1. The zero-order chi connectivity index (χ0) is 30.1. The summed E-state index contributed by atoms with van der Waals surface area (Å²) in [5.41, 5.74) is 5.63. The van der Waals surface area contributed by atoms with Gasteiger partial charge in [0.1, 0.15) is 23.9 Å². The highest BCUT2D eigenvalue weighted by molar-refractivity contribution is 14.1. The van der Waals surface area contributed by atoms with E-state index >= 15 is 0 Å². The van der Waals surface area contributed by atoms with E-state index in [1.807, 2.05) is 6.07 Å². The van der Waals surface area contributed by atoms with Gasteiger partial charge in [-0.25, -0.2) is 14.6 Å². The van der Waals surface area contributed by atoms with Gasteiger partial charge in [0.25, 0.3) is 5.91 Å². The third-order valence-electron chi connectivity index (χ3n) is 6.02. The Balaban J connectivity index is 1.34. The normalized spacial score (nSPS) is 14.7. The Morgan fingerprint density at radius 3 is 2.60 bits per heavy atom. The molecule has 1 amide bonds. The Morgan fingerprint density at radius 1 is 1.10 bits per heavy atom. The van der Waals surface area contributed by atoms with Crippen LogP contribution in [0.3, 0.4) is 0 Å². The van der Waals surface area contributed by atoms with Crippen LogP contribution in [0.15, 0.2) is 83.1 Å². The Labute approximate surface area is 261 Å². The van der Waals surface area contributed by atoms with Crippen LogP contribution >= 0.6 is 34.8 Å². The second-order valence-electron chi connectivity index (χ2n) is 9.02. The Morgan fingerprint density at radius 2 is 1.86 bits per heavy atom. The van der Waals surface area contributed by atoms with Gasteiger partial charge in [-0.3, -0.25) is 4.79 Å². The van der Waals surface area contributed by atoms with Crippen molar-refractivity contribution in [2.24, 2.45) is 5.10 Å². The summed E-state index contributed by atoms with van der Waals surface area (Å²) in [5.74, 6) is -0.169. The summed E-state index contributed by atoms with van der Waals surface area (Å²) < 4.78 is 30.8. The molecule has 3 N–H and O–H groups in total. The van der Waals surface area contributed by atoms with Crippen LogP contribution in [0.4, 0.5) is 4.39 Å². The number of nitrogens with one attached hydrogen (secondary N) is 3. The average molecular weight is 703 g/mol. The van der Waals surface area contributed by atoms with Crippen LogP contribution in [0, 0.1) is 9.39 Å². The minimum atomic E-state index is -0.625. The molecule has 0 radical (unpaired) electrons. The van der Waals surface area contributed by atoms with Crippen LogP contribution in [-0.4, -0.2) is 36.4 Å². The molecule has 9 nitrogen and oxygen atoms in total. The predicted octanol–water partition coefficient (Wildman–Crippen LogP) is 4.89. The van der Waals surface area contributed by atoms with Gasteiger partial charge in [-0.05, 0) is 96.2 Å².